The van der Waals surface area contributed by atoms with Crippen molar-refractivity contribution in [3.05, 3.63) is 17.0 Å². The summed E-state index contributed by atoms with van der Waals surface area (Å²) in [5.74, 6) is 0.785. The number of aromatic amines is 1. The summed E-state index contributed by atoms with van der Waals surface area (Å²) in [7, 11) is -3.17. The molecule has 1 aliphatic rings. The SMILES string of the molecule is Cc1n[nH]c(C)c1CN1C[C@@H](NS(C)(=O)=O)[C@H](C(C)C)C1. The topological polar surface area (TPSA) is 78.1 Å². The summed E-state index contributed by atoms with van der Waals surface area (Å²) in [5, 5.41) is 7.23. The highest BCUT2D eigenvalue weighted by atomic mass is 32.2. The van der Waals surface area contributed by atoms with Crippen LogP contribution in [0.4, 0.5) is 0 Å². The first-order valence-electron chi connectivity index (χ1n) is 7.37. The Hall–Kier alpha value is -0.920. The van der Waals surface area contributed by atoms with E-state index in [1.807, 2.05) is 13.8 Å². The minimum atomic E-state index is -3.17. The third kappa shape index (κ3) is 4.05. The molecule has 120 valence electrons. The van der Waals surface area contributed by atoms with Crippen molar-refractivity contribution in [2.75, 3.05) is 19.3 Å². The lowest BCUT2D eigenvalue weighted by molar-refractivity contribution is 0.295. The van der Waals surface area contributed by atoms with Gasteiger partial charge in [-0.15, -0.1) is 0 Å². The fraction of sp³-hybridized carbons (Fsp3) is 0.786. The summed E-state index contributed by atoms with van der Waals surface area (Å²) in [6.45, 7) is 10.8. The van der Waals surface area contributed by atoms with E-state index in [0.29, 0.717) is 11.8 Å². The molecule has 0 aliphatic carbocycles. The van der Waals surface area contributed by atoms with E-state index in [1.54, 1.807) is 0 Å². The minimum Gasteiger partial charge on any atom is -0.297 e. The number of aromatic nitrogens is 2. The van der Waals surface area contributed by atoms with Crippen molar-refractivity contribution >= 4 is 10.0 Å². The molecular formula is C14H26N4O2S. The number of aryl methyl sites for hydroxylation is 2. The molecule has 1 aliphatic heterocycles. The van der Waals surface area contributed by atoms with Crippen LogP contribution in [0.5, 0.6) is 0 Å². The largest absolute Gasteiger partial charge is 0.297 e. The predicted octanol–water partition coefficient (Wildman–Crippen LogP) is 1.03. The lowest BCUT2D eigenvalue weighted by atomic mass is 9.92. The van der Waals surface area contributed by atoms with Gasteiger partial charge in [0.05, 0.1) is 11.9 Å². The Labute approximate surface area is 127 Å². The van der Waals surface area contributed by atoms with Gasteiger partial charge in [0.25, 0.3) is 0 Å². The summed E-state index contributed by atoms with van der Waals surface area (Å²) >= 11 is 0. The maximum Gasteiger partial charge on any atom is 0.209 e. The summed E-state index contributed by atoms with van der Waals surface area (Å²) in [4.78, 5) is 2.32. The second-order valence-electron chi connectivity index (χ2n) is 6.51. The molecule has 7 heteroatoms. The van der Waals surface area contributed by atoms with E-state index < -0.39 is 10.0 Å². The number of sulfonamides is 1. The van der Waals surface area contributed by atoms with Gasteiger partial charge in [0.1, 0.15) is 0 Å². The number of nitrogens with zero attached hydrogens (tertiary/aromatic N) is 2. The van der Waals surface area contributed by atoms with E-state index in [4.69, 9.17) is 0 Å². The van der Waals surface area contributed by atoms with Crippen LogP contribution in [0.2, 0.25) is 0 Å². The molecule has 2 N–H and O–H groups in total. The van der Waals surface area contributed by atoms with Gasteiger partial charge in [-0.25, -0.2) is 13.1 Å². The van der Waals surface area contributed by atoms with Gasteiger partial charge < -0.3 is 0 Å². The number of H-pyrrole nitrogens is 1. The molecule has 1 saturated heterocycles. The third-order valence-electron chi connectivity index (χ3n) is 4.32. The molecule has 1 aromatic heterocycles. The van der Waals surface area contributed by atoms with E-state index in [9.17, 15) is 8.42 Å². The molecule has 1 fully saturated rings. The highest BCUT2D eigenvalue weighted by molar-refractivity contribution is 7.88. The summed E-state index contributed by atoms with van der Waals surface area (Å²) in [5.41, 5.74) is 3.33. The Kier molecular flexibility index (Phi) is 4.75. The summed E-state index contributed by atoms with van der Waals surface area (Å²) < 4.78 is 25.9. The van der Waals surface area contributed by atoms with Gasteiger partial charge in [0, 0.05) is 36.9 Å². The zero-order valence-corrected chi connectivity index (χ0v) is 14.3. The molecule has 0 spiro atoms. The lowest BCUT2D eigenvalue weighted by Gasteiger charge is -2.21. The van der Waals surface area contributed by atoms with Gasteiger partial charge in [-0.3, -0.25) is 10.00 Å². The normalized spacial score (nSPS) is 24.1. The molecule has 21 heavy (non-hydrogen) atoms. The van der Waals surface area contributed by atoms with Gasteiger partial charge in [-0.2, -0.15) is 5.10 Å². The fourth-order valence-corrected chi connectivity index (χ4v) is 3.95. The van der Waals surface area contributed by atoms with Crippen molar-refractivity contribution in [3.63, 3.8) is 0 Å². The maximum absolute atomic E-state index is 11.5. The Morgan fingerprint density at radius 1 is 1.38 bits per heavy atom. The van der Waals surface area contributed by atoms with Crippen LogP contribution >= 0.6 is 0 Å². The van der Waals surface area contributed by atoms with Gasteiger partial charge in [0.15, 0.2) is 0 Å². The Morgan fingerprint density at radius 3 is 2.52 bits per heavy atom. The lowest BCUT2D eigenvalue weighted by Crippen LogP contribution is -2.41. The van der Waals surface area contributed by atoms with Crippen LogP contribution in [-0.2, 0) is 16.6 Å². The van der Waals surface area contributed by atoms with Gasteiger partial charge in [-0.05, 0) is 25.7 Å². The number of likely N-dealkylation sites (tertiary alicyclic amines) is 1. The van der Waals surface area contributed by atoms with Crippen LogP contribution < -0.4 is 4.72 Å². The van der Waals surface area contributed by atoms with Crippen molar-refractivity contribution in [2.45, 2.75) is 40.3 Å². The molecule has 2 rings (SSSR count). The van der Waals surface area contributed by atoms with Crippen LogP contribution in [0, 0.1) is 25.7 Å². The Balaban J connectivity index is 2.10. The van der Waals surface area contributed by atoms with Crippen LogP contribution in [-0.4, -0.2) is 48.9 Å². The molecule has 0 aromatic carbocycles. The molecule has 0 unspecified atom stereocenters. The van der Waals surface area contributed by atoms with E-state index in [1.165, 1.54) is 11.8 Å². The minimum absolute atomic E-state index is 0.00693. The third-order valence-corrected chi connectivity index (χ3v) is 5.06. The number of nitrogens with one attached hydrogen (secondary N) is 2. The zero-order chi connectivity index (χ0) is 15.8. The second-order valence-corrected chi connectivity index (χ2v) is 8.29. The van der Waals surface area contributed by atoms with Crippen LogP contribution in [0.15, 0.2) is 0 Å². The monoisotopic (exact) mass is 314 g/mol. The molecule has 0 amide bonds. The number of hydrogen-bond acceptors (Lipinski definition) is 4. The second kappa shape index (κ2) is 6.06. The van der Waals surface area contributed by atoms with Crippen molar-refractivity contribution in [2.24, 2.45) is 11.8 Å². The van der Waals surface area contributed by atoms with Gasteiger partial charge in [-0.1, -0.05) is 13.8 Å². The van der Waals surface area contributed by atoms with Crippen LogP contribution in [0.3, 0.4) is 0 Å². The maximum atomic E-state index is 11.5. The Bertz CT molecular complexity index is 575. The van der Waals surface area contributed by atoms with Crippen molar-refractivity contribution < 1.29 is 8.42 Å². The highest BCUT2D eigenvalue weighted by Gasteiger charge is 2.36. The van der Waals surface area contributed by atoms with Crippen LogP contribution in [0.25, 0.3) is 0 Å². The highest BCUT2D eigenvalue weighted by Crippen LogP contribution is 2.27. The van der Waals surface area contributed by atoms with Crippen molar-refractivity contribution in [1.82, 2.24) is 19.8 Å². The summed E-state index contributed by atoms with van der Waals surface area (Å²) in [6, 6.07) is -0.00693. The number of rotatable bonds is 5. The predicted molar refractivity (Wildman–Crippen MR) is 83.4 cm³/mol. The average molecular weight is 314 g/mol. The fourth-order valence-electron chi connectivity index (χ4n) is 3.15. The van der Waals surface area contributed by atoms with E-state index in [-0.39, 0.29) is 6.04 Å². The quantitative estimate of drug-likeness (QED) is 0.851. The van der Waals surface area contributed by atoms with Gasteiger partial charge in [0.2, 0.25) is 10.0 Å². The molecule has 1 aromatic rings. The Morgan fingerprint density at radius 2 is 2.05 bits per heavy atom. The first-order valence-corrected chi connectivity index (χ1v) is 9.26. The first-order chi connectivity index (χ1) is 9.67. The first kappa shape index (κ1) is 16.5. The molecule has 2 heterocycles. The zero-order valence-electron chi connectivity index (χ0n) is 13.5. The van der Waals surface area contributed by atoms with E-state index in [2.05, 4.69) is 33.7 Å². The smallest absolute Gasteiger partial charge is 0.209 e. The standard InChI is InChI=1S/C14H26N4O2S/c1-9(2)12-6-18(8-14(12)17-21(5,19)20)7-13-10(3)15-16-11(13)4/h9,12,14,17H,6-8H2,1-5H3,(H,15,16)/t12-,14+/m0/s1. The molecule has 0 bridgehead atoms. The molecule has 0 radical (unpaired) electrons. The van der Waals surface area contributed by atoms with Crippen LogP contribution in [0.1, 0.15) is 30.8 Å². The molecule has 0 saturated carbocycles. The van der Waals surface area contributed by atoms with Gasteiger partial charge >= 0.3 is 0 Å². The summed E-state index contributed by atoms with van der Waals surface area (Å²) in [6.07, 6.45) is 1.23. The van der Waals surface area contributed by atoms with E-state index >= 15 is 0 Å². The van der Waals surface area contributed by atoms with Crippen molar-refractivity contribution in [3.8, 4) is 0 Å². The molecule has 6 nitrogen and oxygen atoms in total. The van der Waals surface area contributed by atoms with Crippen molar-refractivity contribution in [1.29, 1.82) is 0 Å². The van der Waals surface area contributed by atoms with E-state index in [0.717, 1.165) is 31.0 Å². The number of hydrogen-bond donors (Lipinski definition) is 2. The molecule has 2 atom stereocenters. The average Bonchev–Trinajstić information content (AvgIpc) is 2.85. The molecular weight excluding hydrogens is 288 g/mol.